The third kappa shape index (κ3) is 2.68. The SMILES string of the molecule is CC(C)(C)c1nc(N2CCC23COC3)c2nnn(Cc3ccccc3Cl)c2n1. The third-order valence-electron chi connectivity index (χ3n) is 5.66. The molecule has 2 saturated heterocycles. The molecule has 0 saturated carbocycles. The van der Waals surface area contributed by atoms with E-state index in [9.17, 15) is 0 Å². The van der Waals surface area contributed by atoms with Crippen molar-refractivity contribution < 1.29 is 4.74 Å². The highest BCUT2D eigenvalue weighted by molar-refractivity contribution is 6.31. The second-order valence-electron chi connectivity index (χ2n) is 8.75. The van der Waals surface area contributed by atoms with Crippen LogP contribution >= 0.6 is 11.6 Å². The van der Waals surface area contributed by atoms with Gasteiger partial charge in [-0.3, -0.25) is 0 Å². The Morgan fingerprint density at radius 2 is 1.96 bits per heavy atom. The van der Waals surface area contributed by atoms with E-state index in [1.54, 1.807) is 0 Å². The number of benzene rings is 1. The van der Waals surface area contributed by atoms with Crippen LogP contribution in [0.4, 0.5) is 5.82 Å². The topological polar surface area (TPSA) is 69.0 Å². The van der Waals surface area contributed by atoms with Gasteiger partial charge in [0.2, 0.25) is 0 Å². The molecule has 2 aliphatic rings. The number of rotatable bonds is 3. The Bertz CT molecular complexity index is 1050. The third-order valence-corrected chi connectivity index (χ3v) is 6.03. The predicted molar refractivity (Wildman–Crippen MR) is 108 cm³/mol. The molecule has 0 atom stereocenters. The zero-order valence-electron chi connectivity index (χ0n) is 16.3. The van der Waals surface area contributed by atoms with Gasteiger partial charge in [-0.15, -0.1) is 5.10 Å². The van der Waals surface area contributed by atoms with E-state index in [2.05, 4.69) is 36.0 Å². The highest BCUT2D eigenvalue weighted by Gasteiger charge is 2.52. The van der Waals surface area contributed by atoms with Crippen LogP contribution in [-0.4, -0.2) is 50.3 Å². The molecule has 0 amide bonds. The second-order valence-corrected chi connectivity index (χ2v) is 9.16. The number of ether oxygens (including phenoxy) is 1. The minimum Gasteiger partial charge on any atom is -0.376 e. The van der Waals surface area contributed by atoms with Crippen LogP contribution in [0.5, 0.6) is 0 Å². The van der Waals surface area contributed by atoms with Gasteiger partial charge < -0.3 is 9.64 Å². The maximum absolute atomic E-state index is 6.36. The van der Waals surface area contributed by atoms with Crippen LogP contribution in [0.2, 0.25) is 5.02 Å². The molecule has 2 aromatic heterocycles. The molecule has 4 heterocycles. The maximum Gasteiger partial charge on any atom is 0.184 e. The summed E-state index contributed by atoms with van der Waals surface area (Å²) in [5.74, 6) is 1.66. The molecular formula is C20H23ClN6O. The number of hydrogen-bond acceptors (Lipinski definition) is 6. The van der Waals surface area contributed by atoms with Gasteiger partial charge in [-0.1, -0.05) is 55.8 Å². The van der Waals surface area contributed by atoms with E-state index in [1.165, 1.54) is 0 Å². The van der Waals surface area contributed by atoms with Crippen LogP contribution < -0.4 is 4.90 Å². The van der Waals surface area contributed by atoms with Crippen molar-refractivity contribution in [2.75, 3.05) is 24.7 Å². The molecule has 2 fully saturated rings. The van der Waals surface area contributed by atoms with E-state index in [-0.39, 0.29) is 11.0 Å². The molecule has 0 unspecified atom stereocenters. The molecule has 5 rings (SSSR count). The average Bonchev–Trinajstić information content (AvgIpc) is 2.97. The molecule has 8 heteroatoms. The largest absolute Gasteiger partial charge is 0.376 e. The van der Waals surface area contributed by atoms with Crippen molar-refractivity contribution in [2.24, 2.45) is 0 Å². The van der Waals surface area contributed by atoms with Crippen LogP contribution in [0.15, 0.2) is 24.3 Å². The summed E-state index contributed by atoms with van der Waals surface area (Å²) in [6, 6.07) is 7.78. The zero-order chi connectivity index (χ0) is 19.5. The first-order valence-corrected chi connectivity index (χ1v) is 9.96. The summed E-state index contributed by atoms with van der Waals surface area (Å²) in [5.41, 5.74) is 2.36. The van der Waals surface area contributed by atoms with Gasteiger partial charge in [-0.05, 0) is 18.1 Å². The lowest BCUT2D eigenvalue weighted by Gasteiger charge is -2.58. The summed E-state index contributed by atoms with van der Waals surface area (Å²) >= 11 is 6.36. The Morgan fingerprint density at radius 3 is 2.57 bits per heavy atom. The fourth-order valence-electron chi connectivity index (χ4n) is 3.77. The van der Waals surface area contributed by atoms with Crippen molar-refractivity contribution in [3.8, 4) is 0 Å². The van der Waals surface area contributed by atoms with Crippen molar-refractivity contribution in [1.29, 1.82) is 0 Å². The second kappa shape index (κ2) is 6.12. The van der Waals surface area contributed by atoms with Gasteiger partial charge in [0.1, 0.15) is 5.82 Å². The fraction of sp³-hybridized carbons (Fsp3) is 0.500. The number of halogens is 1. The van der Waals surface area contributed by atoms with Gasteiger partial charge in [0.05, 0.1) is 25.3 Å². The van der Waals surface area contributed by atoms with E-state index < -0.39 is 0 Å². The molecule has 28 heavy (non-hydrogen) atoms. The lowest BCUT2D eigenvalue weighted by molar-refractivity contribution is -0.0850. The first-order chi connectivity index (χ1) is 13.4. The molecule has 0 bridgehead atoms. The molecular weight excluding hydrogens is 376 g/mol. The Labute approximate surface area is 168 Å². The summed E-state index contributed by atoms with van der Waals surface area (Å²) in [5, 5.41) is 9.57. The summed E-state index contributed by atoms with van der Waals surface area (Å²) in [6.07, 6.45) is 1.12. The summed E-state index contributed by atoms with van der Waals surface area (Å²) < 4.78 is 7.32. The van der Waals surface area contributed by atoms with Gasteiger partial charge >= 0.3 is 0 Å². The number of fused-ring (bicyclic) bond motifs is 1. The Morgan fingerprint density at radius 1 is 1.18 bits per heavy atom. The molecule has 3 aromatic rings. The zero-order valence-corrected chi connectivity index (χ0v) is 17.1. The summed E-state index contributed by atoms with van der Waals surface area (Å²) in [6.45, 7) is 9.34. The fourth-order valence-corrected chi connectivity index (χ4v) is 3.96. The number of aromatic nitrogens is 5. The van der Waals surface area contributed by atoms with Crippen LogP contribution in [0, 0.1) is 0 Å². The molecule has 1 aromatic carbocycles. The van der Waals surface area contributed by atoms with Crippen molar-refractivity contribution in [1.82, 2.24) is 25.0 Å². The number of anilines is 1. The standard InChI is InChI=1S/C20H23ClN6O/c1-19(2,3)18-22-16(26-9-8-20(26)11-28-12-20)15-17(23-18)27(25-24-15)10-13-6-4-5-7-14(13)21/h4-7H,8-12H2,1-3H3. The van der Waals surface area contributed by atoms with Gasteiger partial charge in [-0.25, -0.2) is 14.6 Å². The first-order valence-electron chi connectivity index (χ1n) is 9.58. The summed E-state index contributed by atoms with van der Waals surface area (Å²) in [4.78, 5) is 12.1. The quantitative estimate of drug-likeness (QED) is 0.674. The normalized spacial score (nSPS) is 18.4. The predicted octanol–water partition coefficient (Wildman–Crippen LogP) is 3.20. The molecule has 2 aliphatic heterocycles. The van der Waals surface area contributed by atoms with Crippen molar-refractivity contribution in [3.63, 3.8) is 0 Å². The van der Waals surface area contributed by atoms with E-state index in [0.29, 0.717) is 11.6 Å². The minimum atomic E-state index is -0.184. The minimum absolute atomic E-state index is 0.0724. The molecule has 0 N–H and O–H groups in total. The molecule has 1 spiro atoms. The highest BCUT2D eigenvalue weighted by Crippen LogP contribution is 2.42. The van der Waals surface area contributed by atoms with E-state index in [0.717, 1.165) is 54.5 Å². The van der Waals surface area contributed by atoms with Gasteiger partial charge in [0.25, 0.3) is 0 Å². The van der Waals surface area contributed by atoms with Crippen molar-refractivity contribution >= 4 is 28.6 Å². The maximum atomic E-state index is 6.36. The Kier molecular flexibility index (Phi) is 3.90. The van der Waals surface area contributed by atoms with Crippen LogP contribution in [0.25, 0.3) is 11.2 Å². The number of nitrogens with zero attached hydrogens (tertiary/aromatic N) is 6. The average molecular weight is 399 g/mol. The van der Waals surface area contributed by atoms with Crippen LogP contribution in [0.1, 0.15) is 38.6 Å². The lowest BCUT2D eigenvalue weighted by Crippen LogP contribution is -2.71. The van der Waals surface area contributed by atoms with Crippen LogP contribution in [-0.2, 0) is 16.7 Å². The highest BCUT2D eigenvalue weighted by atomic mass is 35.5. The summed E-state index contributed by atoms with van der Waals surface area (Å²) in [7, 11) is 0. The van der Waals surface area contributed by atoms with E-state index in [4.69, 9.17) is 26.3 Å². The molecule has 146 valence electrons. The van der Waals surface area contributed by atoms with Crippen molar-refractivity contribution in [2.45, 2.75) is 44.7 Å². The molecule has 0 aliphatic carbocycles. The molecule has 0 radical (unpaired) electrons. The smallest absolute Gasteiger partial charge is 0.184 e. The first kappa shape index (κ1) is 17.8. The van der Waals surface area contributed by atoms with E-state index >= 15 is 0 Å². The van der Waals surface area contributed by atoms with Gasteiger partial charge in [0, 0.05) is 17.0 Å². The number of hydrogen-bond donors (Lipinski definition) is 0. The Hall–Kier alpha value is -2.25. The monoisotopic (exact) mass is 398 g/mol. The van der Waals surface area contributed by atoms with Crippen molar-refractivity contribution in [3.05, 3.63) is 40.7 Å². The molecule has 7 nitrogen and oxygen atoms in total. The van der Waals surface area contributed by atoms with Gasteiger partial charge in [0.15, 0.2) is 17.0 Å². The van der Waals surface area contributed by atoms with Crippen LogP contribution in [0.3, 0.4) is 0 Å². The lowest BCUT2D eigenvalue weighted by atomic mass is 9.82. The Balaban J connectivity index is 1.64. The van der Waals surface area contributed by atoms with E-state index in [1.807, 2.05) is 28.9 Å². The van der Waals surface area contributed by atoms with Gasteiger partial charge in [-0.2, -0.15) is 0 Å².